The van der Waals surface area contributed by atoms with Crippen LogP contribution < -0.4 is 17.0 Å². The first-order valence-electron chi connectivity index (χ1n) is 7.62. The lowest BCUT2D eigenvalue weighted by Gasteiger charge is -2.33. The molecule has 20 heavy (non-hydrogen) atoms. The Morgan fingerprint density at radius 3 is 1.70 bits per heavy atom. The van der Waals surface area contributed by atoms with Gasteiger partial charge in [0.25, 0.3) is 0 Å². The molecule has 0 radical (unpaired) electrons. The van der Waals surface area contributed by atoms with Crippen molar-refractivity contribution in [1.82, 2.24) is 0 Å². The van der Waals surface area contributed by atoms with E-state index in [1.807, 2.05) is 0 Å². The molecule has 0 fully saturated rings. The molecule has 0 amide bonds. The molecule has 0 N–H and O–H groups in total. The van der Waals surface area contributed by atoms with Gasteiger partial charge in [0.05, 0.1) is 13.1 Å². The predicted octanol–water partition coefficient (Wildman–Crippen LogP) is 1.49. The third-order valence-electron chi connectivity index (χ3n) is 4.48. The van der Waals surface area contributed by atoms with Crippen LogP contribution >= 0.6 is 0 Å². The van der Waals surface area contributed by atoms with Gasteiger partial charge in [-0.05, 0) is 35.7 Å². The molecule has 0 bridgehead atoms. The number of benzene rings is 2. The lowest BCUT2D eigenvalue weighted by Crippen LogP contribution is -3.00. The summed E-state index contributed by atoms with van der Waals surface area (Å²) in [6.45, 7) is 9.74. The van der Waals surface area contributed by atoms with Gasteiger partial charge in [-0.1, -0.05) is 38.1 Å². The largest absolute Gasteiger partial charge is 1.00 e. The van der Waals surface area contributed by atoms with E-state index in [4.69, 9.17) is 0 Å². The Kier molecular flexibility index (Phi) is 4.87. The second kappa shape index (κ2) is 6.28. The molecule has 0 saturated carbocycles. The van der Waals surface area contributed by atoms with Gasteiger partial charge in [-0.3, -0.25) is 0 Å². The van der Waals surface area contributed by atoms with Gasteiger partial charge in [-0.15, -0.1) is 0 Å². The molecule has 1 nitrogen and oxygen atoms in total. The van der Waals surface area contributed by atoms with E-state index in [0.29, 0.717) is 0 Å². The van der Waals surface area contributed by atoms with Crippen molar-refractivity contribution in [3.05, 3.63) is 47.5 Å². The Balaban J connectivity index is 0.00000147. The summed E-state index contributed by atoms with van der Waals surface area (Å²) in [6.07, 6.45) is 2.57. The van der Waals surface area contributed by atoms with Crippen molar-refractivity contribution in [3.63, 3.8) is 0 Å². The van der Waals surface area contributed by atoms with E-state index in [9.17, 15) is 0 Å². The molecule has 1 aliphatic heterocycles. The Bertz CT molecular complexity index is 538. The number of quaternary nitrogens is 1. The number of halogens is 1. The maximum Gasteiger partial charge on any atom is 0.105 e. The number of hydrogen-bond donors (Lipinski definition) is 0. The second-order valence-electron chi connectivity index (χ2n) is 6.07. The number of fused-ring (bicyclic) bond motifs is 2. The molecule has 3 rings (SSSR count). The second-order valence-corrected chi connectivity index (χ2v) is 6.07. The van der Waals surface area contributed by atoms with Gasteiger partial charge in [0, 0.05) is 11.1 Å². The van der Waals surface area contributed by atoms with Gasteiger partial charge in [-0.25, -0.2) is 0 Å². The van der Waals surface area contributed by atoms with Crippen LogP contribution in [-0.4, -0.2) is 17.6 Å². The van der Waals surface area contributed by atoms with Gasteiger partial charge >= 0.3 is 0 Å². The summed E-state index contributed by atoms with van der Waals surface area (Å²) in [5.41, 5.74) is 3.17. The molecule has 1 heterocycles. The standard InChI is InChI=1S/C18H24N.BrH/c1-3-9-19(10-4-2)13-17-11-15-7-5-6-8-16(15)12-18(17)14-19;/h5-8,11-12H,3-4,9-10,13-14H2,1-2H3;1H/q+1;/p-1. The van der Waals surface area contributed by atoms with Crippen molar-refractivity contribution in [2.24, 2.45) is 0 Å². The van der Waals surface area contributed by atoms with E-state index in [2.05, 4.69) is 50.2 Å². The molecule has 2 aromatic rings. The van der Waals surface area contributed by atoms with E-state index < -0.39 is 0 Å². The van der Waals surface area contributed by atoms with Crippen LogP contribution in [0.15, 0.2) is 36.4 Å². The molecule has 0 spiro atoms. The minimum Gasteiger partial charge on any atom is -1.00 e. The Hall–Kier alpha value is -0.860. The molecule has 0 unspecified atom stereocenters. The summed E-state index contributed by atoms with van der Waals surface area (Å²) in [4.78, 5) is 0. The Morgan fingerprint density at radius 1 is 0.850 bits per heavy atom. The average Bonchev–Trinajstić information content (AvgIpc) is 2.73. The fourth-order valence-electron chi connectivity index (χ4n) is 3.78. The smallest absolute Gasteiger partial charge is 0.105 e. The van der Waals surface area contributed by atoms with E-state index in [0.717, 1.165) is 0 Å². The fourth-order valence-corrected chi connectivity index (χ4v) is 3.78. The minimum absolute atomic E-state index is 0. The molecular weight excluding hydrogens is 310 g/mol. The van der Waals surface area contributed by atoms with Crippen LogP contribution in [-0.2, 0) is 13.1 Å². The summed E-state index contributed by atoms with van der Waals surface area (Å²) in [6, 6.07) is 13.6. The zero-order valence-electron chi connectivity index (χ0n) is 12.5. The van der Waals surface area contributed by atoms with Crippen molar-refractivity contribution >= 4 is 10.8 Å². The van der Waals surface area contributed by atoms with Gasteiger partial charge in [-0.2, -0.15) is 0 Å². The highest BCUT2D eigenvalue weighted by molar-refractivity contribution is 5.84. The van der Waals surface area contributed by atoms with Crippen molar-refractivity contribution in [3.8, 4) is 0 Å². The lowest BCUT2D eigenvalue weighted by atomic mass is 10.0. The van der Waals surface area contributed by atoms with E-state index in [1.54, 1.807) is 11.1 Å². The summed E-state index contributed by atoms with van der Waals surface area (Å²) >= 11 is 0. The van der Waals surface area contributed by atoms with E-state index >= 15 is 0 Å². The first kappa shape index (κ1) is 15.5. The fraction of sp³-hybridized carbons (Fsp3) is 0.444. The molecular formula is C18H24BrN. The third kappa shape index (κ3) is 2.77. The number of nitrogens with zero attached hydrogens (tertiary/aromatic N) is 1. The normalized spacial score (nSPS) is 15.9. The van der Waals surface area contributed by atoms with Gasteiger partial charge in [0.15, 0.2) is 0 Å². The summed E-state index contributed by atoms with van der Waals surface area (Å²) < 4.78 is 1.28. The van der Waals surface area contributed by atoms with Crippen LogP contribution in [0.1, 0.15) is 37.8 Å². The predicted molar refractivity (Wildman–Crippen MR) is 81.9 cm³/mol. The van der Waals surface area contributed by atoms with Crippen molar-refractivity contribution in [2.75, 3.05) is 13.1 Å². The molecule has 2 heteroatoms. The van der Waals surface area contributed by atoms with Gasteiger partial charge in [0.1, 0.15) is 13.1 Å². The number of hydrogen-bond acceptors (Lipinski definition) is 0. The van der Waals surface area contributed by atoms with Crippen molar-refractivity contribution in [2.45, 2.75) is 39.8 Å². The quantitative estimate of drug-likeness (QED) is 0.744. The molecule has 0 saturated heterocycles. The first-order chi connectivity index (χ1) is 9.26. The molecule has 0 atom stereocenters. The topological polar surface area (TPSA) is 0 Å². The van der Waals surface area contributed by atoms with Gasteiger partial charge in [0.2, 0.25) is 0 Å². The van der Waals surface area contributed by atoms with Crippen LogP contribution in [0.25, 0.3) is 10.8 Å². The SMILES string of the molecule is CCC[N+]1(CCC)Cc2cc3ccccc3cc2C1.[Br-]. The molecule has 0 aromatic heterocycles. The van der Waals surface area contributed by atoms with Crippen LogP contribution in [0.4, 0.5) is 0 Å². The molecule has 0 aliphatic carbocycles. The highest BCUT2D eigenvalue weighted by Crippen LogP contribution is 2.33. The molecule has 2 aromatic carbocycles. The molecule has 108 valence electrons. The minimum atomic E-state index is 0. The monoisotopic (exact) mass is 333 g/mol. The lowest BCUT2D eigenvalue weighted by molar-refractivity contribution is -0.947. The average molecular weight is 334 g/mol. The van der Waals surface area contributed by atoms with E-state index in [-0.39, 0.29) is 17.0 Å². The van der Waals surface area contributed by atoms with Crippen LogP contribution in [0, 0.1) is 0 Å². The van der Waals surface area contributed by atoms with E-state index in [1.165, 1.54) is 54.3 Å². The summed E-state index contributed by atoms with van der Waals surface area (Å²) in [7, 11) is 0. The van der Waals surface area contributed by atoms with Crippen LogP contribution in [0.2, 0.25) is 0 Å². The third-order valence-corrected chi connectivity index (χ3v) is 4.48. The summed E-state index contributed by atoms with van der Waals surface area (Å²) in [5.74, 6) is 0. The summed E-state index contributed by atoms with van der Waals surface area (Å²) in [5, 5.41) is 2.79. The zero-order chi connectivity index (χ0) is 13.3. The number of rotatable bonds is 4. The highest BCUT2D eigenvalue weighted by Gasteiger charge is 2.34. The van der Waals surface area contributed by atoms with Crippen molar-refractivity contribution < 1.29 is 21.5 Å². The Labute approximate surface area is 133 Å². The highest BCUT2D eigenvalue weighted by atomic mass is 79.9. The zero-order valence-corrected chi connectivity index (χ0v) is 14.1. The van der Waals surface area contributed by atoms with Gasteiger partial charge < -0.3 is 21.5 Å². The molecule has 1 aliphatic rings. The first-order valence-corrected chi connectivity index (χ1v) is 7.62. The van der Waals surface area contributed by atoms with Crippen LogP contribution in [0.3, 0.4) is 0 Å². The Morgan fingerprint density at radius 2 is 1.30 bits per heavy atom. The van der Waals surface area contributed by atoms with Crippen molar-refractivity contribution in [1.29, 1.82) is 0 Å². The maximum absolute atomic E-state index is 2.43. The van der Waals surface area contributed by atoms with Crippen LogP contribution in [0.5, 0.6) is 0 Å². The maximum atomic E-state index is 2.43.